The molecule has 2 N–H and O–H groups in total. The van der Waals surface area contributed by atoms with E-state index in [1.165, 1.54) is 11.1 Å². The summed E-state index contributed by atoms with van der Waals surface area (Å²) in [6.45, 7) is 2.57. The summed E-state index contributed by atoms with van der Waals surface area (Å²) >= 11 is 0. The number of aromatic nitrogens is 1. The Labute approximate surface area is 194 Å². The molecule has 0 aliphatic heterocycles. The van der Waals surface area contributed by atoms with E-state index in [1.54, 1.807) is 19.5 Å². The number of ether oxygens (including phenoxy) is 1. The number of carbonyl (C=O) groups is 2. The molecule has 3 aliphatic carbocycles. The number of aryl methyl sites for hydroxylation is 1. The number of methoxy groups -OCH3 is 1. The van der Waals surface area contributed by atoms with Crippen LogP contribution in [0.4, 0.5) is 0 Å². The van der Waals surface area contributed by atoms with Crippen LogP contribution in [-0.2, 0) is 22.6 Å². The zero-order valence-electron chi connectivity index (χ0n) is 19.3. The van der Waals surface area contributed by atoms with Crippen molar-refractivity contribution in [2.24, 2.45) is 23.2 Å². The molecule has 0 radical (unpaired) electrons. The largest absolute Gasteiger partial charge is 0.504 e. The van der Waals surface area contributed by atoms with Crippen molar-refractivity contribution < 1.29 is 19.4 Å². The number of phenols is 1. The highest BCUT2D eigenvalue weighted by Gasteiger charge is 2.58. The maximum absolute atomic E-state index is 13.5. The fourth-order valence-corrected chi connectivity index (χ4v) is 6.87. The molecule has 6 nitrogen and oxygen atoms in total. The Hall–Kier alpha value is -2.89. The minimum absolute atomic E-state index is 0.0646. The van der Waals surface area contributed by atoms with Crippen LogP contribution in [-0.4, -0.2) is 28.9 Å². The predicted molar refractivity (Wildman–Crippen MR) is 124 cm³/mol. The molecule has 3 aliphatic rings. The summed E-state index contributed by atoms with van der Waals surface area (Å²) in [5.74, 6) is 1.83. The number of nitrogens with zero attached hydrogens (tertiary/aromatic N) is 1. The molecule has 1 aromatic heterocycles. The summed E-state index contributed by atoms with van der Waals surface area (Å²) in [5, 5.41) is 13.2. The Bertz CT molecular complexity index is 1070. The maximum atomic E-state index is 13.5. The van der Waals surface area contributed by atoms with Crippen LogP contribution < -0.4 is 10.1 Å². The van der Waals surface area contributed by atoms with Gasteiger partial charge in [-0.15, -0.1) is 0 Å². The second kappa shape index (κ2) is 8.47. The topological polar surface area (TPSA) is 88.5 Å². The van der Waals surface area contributed by atoms with Crippen molar-refractivity contribution in [2.75, 3.05) is 7.11 Å². The smallest absolute Gasteiger partial charge is 0.220 e. The minimum Gasteiger partial charge on any atom is -0.504 e. The van der Waals surface area contributed by atoms with E-state index >= 15 is 0 Å². The number of pyridine rings is 1. The van der Waals surface area contributed by atoms with E-state index in [9.17, 15) is 14.7 Å². The van der Waals surface area contributed by atoms with E-state index in [0.717, 1.165) is 37.7 Å². The van der Waals surface area contributed by atoms with Crippen LogP contribution in [0, 0.1) is 23.2 Å². The Morgan fingerprint density at radius 3 is 2.94 bits per heavy atom. The fourth-order valence-electron chi connectivity index (χ4n) is 6.87. The number of carbonyl (C=O) groups excluding carboxylic acids is 2. The van der Waals surface area contributed by atoms with Crippen LogP contribution in [0.1, 0.15) is 61.6 Å². The van der Waals surface area contributed by atoms with E-state index in [0.29, 0.717) is 30.0 Å². The van der Waals surface area contributed by atoms with E-state index in [2.05, 4.69) is 17.2 Å². The molecule has 0 saturated heterocycles. The lowest BCUT2D eigenvalue weighted by atomic mass is 9.55. The number of ketones is 1. The van der Waals surface area contributed by atoms with Crippen molar-refractivity contribution in [1.29, 1.82) is 0 Å². The summed E-state index contributed by atoms with van der Waals surface area (Å²) in [6.07, 6.45) is 8.26. The molecular formula is C27H32N2O4. The summed E-state index contributed by atoms with van der Waals surface area (Å²) in [7, 11) is 1.58. The molecule has 5 rings (SSSR count). The van der Waals surface area contributed by atoms with Crippen molar-refractivity contribution in [2.45, 2.75) is 57.9 Å². The normalized spacial score (nSPS) is 30.2. The molecule has 174 valence electrons. The third-order valence-electron chi connectivity index (χ3n) is 8.53. The highest BCUT2D eigenvalue weighted by atomic mass is 16.5. The van der Waals surface area contributed by atoms with Crippen LogP contribution in [0.25, 0.3) is 0 Å². The third-order valence-corrected chi connectivity index (χ3v) is 8.53. The molecule has 5 atom stereocenters. The number of hydrogen-bond donors (Lipinski definition) is 2. The first-order valence-electron chi connectivity index (χ1n) is 12.0. The number of fused-ring (bicyclic) bond motifs is 5. The lowest BCUT2D eigenvalue weighted by Crippen LogP contribution is -2.42. The first-order valence-corrected chi connectivity index (χ1v) is 12.0. The number of aromatic hydroxyl groups is 1. The predicted octanol–water partition coefficient (Wildman–Crippen LogP) is 4.15. The number of nitrogens with one attached hydrogen (secondary N) is 1. The molecule has 2 aromatic rings. The van der Waals surface area contributed by atoms with Crippen molar-refractivity contribution in [3.63, 3.8) is 0 Å². The molecule has 0 spiro atoms. The van der Waals surface area contributed by atoms with Gasteiger partial charge >= 0.3 is 0 Å². The Kier molecular flexibility index (Phi) is 5.63. The lowest BCUT2D eigenvalue weighted by molar-refractivity contribution is -0.134. The minimum atomic E-state index is -0.339. The SMILES string of the molecule is COc1cc2c(cc1O)CCC1C2CC[C@]2(C)C(=O)C(CC(=O)NCc3cccnc3)CC12. The molecule has 1 aromatic carbocycles. The molecule has 6 heteroatoms. The van der Waals surface area contributed by atoms with E-state index in [1.807, 2.05) is 24.3 Å². The zero-order chi connectivity index (χ0) is 23.2. The Morgan fingerprint density at radius 2 is 2.18 bits per heavy atom. The molecule has 2 saturated carbocycles. The maximum Gasteiger partial charge on any atom is 0.220 e. The molecule has 4 unspecified atom stereocenters. The summed E-state index contributed by atoms with van der Waals surface area (Å²) in [6, 6.07) is 7.64. The number of phenolic OH excluding ortho intramolecular Hbond substituents is 1. The number of amides is 1. The Morgan fingerprint density at radius 1 is 1.33 bits per heavy atom. The molecule has 1 amide bonds. The van der Waals surface area contributed by atoms with Gasteiger partial charge in [-0.05, 0) is 84.7 Å². The number of benzene rings is 1. The van der Waals surface area contributed by atoms with Gasteiger partial charge in [0.05, 0.1) is 7.11 Å². The molecule has 33 heavy (non-hydrogen) atoms. The average molecular weight is 449 g/mol. The second-order valence-corrected chi connectivity index (χ2v) is 10.2. The van der Waals surface area contributed by atoms with Gasteiger partial charge in [0.25, 0.3) is 0 Å². The first-order chi connectivity index (χ1) is 15.9. The van der Waals surface area contributed by atoms with Crippen LogP contribution in [0.5, 0.6) is 11.5 Å². The van der Waals surface area contributed by atoms with Crippen LogP contribution >= 0.6 is 0 Å². The van der Waals surface area contributed by atoms with E-state index in [4.69, 9.17) is 4.74 Å². The average Bonchev–Trinajstić information content (AvgIpc) is 3.08. The number of Topliss-reactive ketones (excluding diaryl/α,β-unsaturated/α-hetero) is 1. The second-order valence-electron chi connectivity index (χ2n) is 10.2. The van der Waals surface area contributed by atoms with Gasteiger partial charge < -0.3 is 15.2 Å². The van der Waals surface area contributed by atoms with Gasteiger partial charge in [-0.1, -0.05) is 13.0 Å². The first kappa shape index (κ1) is 21.9. The summed E-state index contributed by atoms with van der Waals surface area (Å²) in [4.78, 5) is 30.2. The highest BCUT2D eigenvalue weighted by molar-refractivity contribution is 5.93. The van der Waals surface area contributed by atoms with Gasteiger partial charge in [0, 0.05) is 36.7 Å². The molecule has 1 heterocycles. The van der Waals surface area contributed by atoms with Gasteiger partial charge in [-0.3, -0.25) is 14.6 Å². The van der Waals surface area contributed by atoms with E-state index in [-0.39, 0.29) is 35.2 Å². The lowest BCUT2D eigenvalue weighted by Gasteiger charge is -2.48. The number of hydrogen-bond acceptors (Lipinski definition) is 5. The quantitative estimate of drug-likeness (QED) is 0.717. The highest BCUT2D eigenvalue weighted by Crippen LogP contribution is 2.61. The molecule has 0 bridgehead atoms. The molecular weight excluding hydrogens is 416 g/mol. The van der Waals surface area contributed by atoms with Crippen LogP contribution in [0.2, 0.25) is 0 Å². The van der Waals surface area contributed by atoms with Crippen molar-refractivity contribution in [3.8, 4) is 11.5 Å². The monoisotopic (exact) mass is 448 g/mol. The number of rotatable bonds is 5. The molecule has 2 fully saturated rings. The Balaban J connectivity index is 1.31. The van der Waals surface area contributed by atoms with Crippen molar-refractivity contribution in [3.05, 3.63) is 53.3 Å². The summed E-state index contributed by atoms with van der Waals surface area (Å²) in [5.41, 5.74) is 3.09. The standard InChI is InChI=1S/C27H32N2O4/c1-27-8-7-19-20(6-5-17-11-23(30)24(33-2)13-21(17)19)22(27)10-18(26(27)32)12-25(31)29-15-16-4-3-9-28-14-16/h3-4,9,11,13-14,18-20,22,30H,5-8,10,12,15H2,1-2H3,(H,29,31)/t18?,19?,20?,22?,27-/m0/s1. The van der Waals surface area contributed by atoms with E-state index < -0.39 is 0 Å². The fraction of sp³-hybridized carbons (Fsp3) is 0.519. The van der Waals surface area contributed by atoms with Gasteiger partial charge in [0.15, 0.2) is 11.5 Å². The zero-order valence-corrected chi connectivity index (χ0v) is 19.3. The van der Waals surface area contributed by atoms with Gasteiger partial charge in [-0.2, -0.15) is 0 Å². The van der Waals surface area contributed by atoms with Gasteiger partial charge in [-0.25, -0.2) is 0 Å². The van der Waals surface area contributed by atoms with Gasteiger partial charge in [0.1, 0.15) is 5.78 Å². The van der Waals surface area contributed by atoms with Crippen molar-refractivity contribution >= 4 is 11.7 Å². The van der Waals surface area contributed by atoms with Gasteiger partial charge in [0.2, 0.25) is 5.91 Å². The van der Waals surface area contributed by atoms with Crippen molar-refractivity contribution in [1.82, 2.24) is 10.3 Å². The summed E-state index contributed by atoms with van der Waals surface area (Å²) < 4.78 is 5.38. The van der Waals surface area contributed by atoms with Crippen LogP contribution in [0.15, 0.2) is 36.7 Å². The third kappa shape index (κ3) is 3.79. The van der Waals surface area contributed by atoms with Crippen LogP contribution in [0.3, 0.4) is 0 Å².